The zero-order valence-corrected chi connectivity index (χ0v) is 8.58. The summed E-state index contributed by atoms with van der Waals surface area (Å²) in [5.41, 5.74) is 2.24. The van der Waals surface area contributed by atoms with Gasteiger partial charge < -0.3 is 0 Å². The first kappa shape index (κ1) is 10.2. The maximum Gasteiger partial charge on any atom is 0.0631 e. The summed E-state index contributed by atoms with van der Waals surface area (Å²) in [6.07, 6.45) is 5.68. The predicted octanol–water partition coefficient (Wildman–Crippen LogP) is 2.77. The molecule has 0 saturated carbocycles. The summed E-state index contributed by atoms with van der Waals surface area (Å²) in [6.45, 7) is 4.35. The summed E-state index contributed by atoms with van der Waals surface area (Å²) >= 11 is 0. The molecule has 13 heavy (non-hydrogen) atoms. The Hall–Kier alpha value is -0.920. The van der Waals surface area contributed by atoms with Crippen LogP contribution >= 0.6 is 0 Å². The van der Waals surface area contributed by atoms with Crippen molar-refractivity contribution in [1.82, 2.24) is 10.2 Å². The van der Waals surface area contributed by atoms with Crippen molar-refractivity contribution in [3.63, 3.8) is 0 Å². The fraction of sp³-hybridized carbons (Fsp3) is 0.636. The SMILES string of the molecule is CCCCc1ccc(CCC)nn1. The number of rotatable bonds is 5. The number of aromatic nitrogens is 2. The molecule has 0 aromatic carbocycles. The van der Waals surface area contributed by atoms with Crippen molar-refractivity contribution in [3.05, 3.63) is 23.5 Å². The Bertz CT molecular complexity index is 228. The smallest absolute Gasteiger partial charge is 0.0631 e. The molecule has 1 rings (SSSR count). The molecule has 0 N–H and O–H groups in total. The molecule has 0 atom stereocenters. The third kappa shape index (κ3) is 3.53. The van der Waals surface area contributed by atoms with Gasteiger partial charge in [0.2, 0.25) is 0 Å². The van der Waals surface area contributed by atoms with Crippen molar-refractivity contribution in [2.75, 3.05) is 0 Å². The molecule has 0 saturated heterocycles. The van der Waals surface area contributed by atoms with Gasteiger partial charge in [-0.05, 0) is 31.4 Å². The lowest BCUT2D eigenvalue weighted by atomic mass is 10.2. The molecule has 0 bridgehead atoms. The van der Waals surface area contributed by atoms with E-state index in [1.807, 2.05) is 0 Å². The zero-order valence-electron chi connectivity index (χ0n) is 8.58. The molecule has 1 aromatic rings. The monoisotopic (exact) mass is 178 g/mol. The molecule has 0 radical (unpaired) electrons. The van der Waals surface area contributed by atoms with Gasteiger partial charge in [-0.2, -0.15) is 10.2 Å². The van der Waals surface area contributed by atoms with Gasteiger partial charge >= 0.3 is 0 Å². The fourth-order valence-corrected chi connectivity index (χ4v) is 1.27. The highest BCUT2D eigenvalue weighted by Gasteiger charge is 1.96. The maximum atomic E-state index is 4.18. The molecule has 1 heterocycles. The van der Waals surface area contributed by atoms with Crippen LogP contribution in [0.2, 0.25) is 0 Å². The first-order valence-electron chi connectivity index (χ1n) is 5.18. The molecule has 0 aliphatic rings. The van der Waals surface area contributed by atoms with E-state index < -0.39 is 0 Å². The van der Waals surface area contributed by atoms with Crippen LogP contribution in [0.15, 0.2) is 12.1 Å². The topological polar surface area (TPSA) is 25.8 Å². The molecule has 0 aliphatic carbocycles. The first-order valence-corrected chi connectivity index (χ1v) is 5.18. The summed E-state index contributed by atoms with van der Waals surface area (Å²) in [5, 5.41) is 8.36. The number of hydrogen-bond donors (Lipinski definition) is 0. The quantitative estimate of drug-likeness (QED) is 0.693. The largest absolute Gasteiger partial charge is 0.155 e. The normalized spacial score (nSPS) is 10.3. The van der Waals surface area contributed by atoms with Crippen molar-refractivity contribution in [1.29, 1.82) is 0 Å². The molecule has 0 spiro atoms. The number of nitrogens with zero attached hydrogens (tertiary/aromatic N) is 2. The highest BCUT2D eigenvalue weighted by atomic mass is 15.1. The van der Waals surface area contributed by atoms with E-state index in [0.717, 1.165) is 30.7 Å². The van der Waals surface area contributed by atoms with E-state index in [4.69, 9.17) is 0 Å². The predicted molar refractivity (Wildman–Crippen MR) is 54.6 cm³/mol. The van der Waals surface area contributed by atoms with E-state index in [1.54, 1.807) is 0 Å². The van der Waals surface area contributed by atoms with Crippen molar-refractivity contribution >= 4 is 0 Å². The molecule has 1 aromatic heterocycles. The average molecular weight is 178 g/mol. The number of aryl methyl sites for hydroxylation is 2. The molecule has 0 unspecified atom stereocenters. The highest BCUT2D eigenvalue weighted by Crippen LogP contribution is 2.03. The molecule has 72 valence electrons. The minimum atomic E-state index is 1.04. The van der Waals surface area contributed by atoms with Crippen LogP contribution in [0.1, 0.15) is 44.5 Å². The van der Waals surface area contributed by atoms with Gasteiger partial charge in [0.1, 0.15) is 0 Å². The second-order valence-electron chi connectivity index (χ2n) is 3.37. The third-order valence-electron chi connectivity index (χ3n) is 2.07. The number of hydrogen-bond acceptors (Lipinski definition) is 2. The second kappa shape index (κ2) is 5.68. The maximum absolute atomic E-state index is 4.18. The highest BCUT2D eigenvalue weighted by molar-refractivity contribution is 5.06. The van der Waals surface area contributed by atoms with Crippen LogP contribution in [-0.2, 0) is 12.8 Å². The summed E-state index contributed by atoms with van der Waals surface area (Å²) in [4.78, 5) is 0. The van der Waals surface area contributed by atoms with Crippen molar-refractivity contribution in [2.45, 2.75) is 46.0 Å². The van der Waals surface area contributed by atoms with Crippen LogP contribution in [0.25, 0.3) is 0 Å². The summed E-state index contributed by atoms with van der Waals surface area (Å²) in [5.74, 6) is 0. The standard InChI is InChI=1S/C11H18N2/c1-3-5-7-11-9-8-10(6-4-2)12-13-11/h8-9H,3-7H2,1-2H3. The van der Waals surface area contributed by atoms with Gasteiger partial charge in [-0.3, -0.25) is 0 Å². The number of unbranched alkanes of at least 4 members (excludes halogenated alkanes) is 1. The van der Waals surface area contributed by atoms with Crippen molar-refractivity contribution < 1.29 is 0 Å². The summed E-state index contributed by atoms with van der Waals surface area (Å²) in [6, 6.07) is 4.20. The second-order valence-corrected chi connectivity index (χ2v) is 3.37. The lowest BCUT2D eigenvalue weighted by Crippen LogP contribution is -1.96. The van der Waals surface area contributed by atoms with Crippen molar-refractivity contribution in [2.24, 2.45) is 0 Å². The fourth-order valence-electron chi connectivity index (χ4n) is 1.27. The van der Waals surface area contributed by atoms with Gasteiger partial charge in [-0.15, -0.1) is 0 Å². The molecular formula is C11H18N2. The van der Waals surface area contributed by atoms with Gasteiger partial charge in [0, 0.05) is 0 Å². The first-order chi connectivity index (χ1) is 6.36. The molecule has 2 heteroatoms. The van der Waals surface area contributed by atoms with Gasteiger partial charge in [0.15, 0.2) is 0 Å². The zero-order chi connectivity index (χ0) is 9.52. The van der Waals surface area contributed by atoms with Gasteiger partial charge in [0.25, 0.3) is 0 Å². The van der Waals surface area contributed by atoms with Gasteiger partial charge in [-0.25, -0.2) is 0 Å². The van der Waals surface area contributed by atoms with E-state index in [1.165, 1.54) is 12.8 Å². The van der Waals surface area contributed by atoms with Gasteiger partial charge in [-0.1, -0.05) is 26.7 Å². The minimum Gasteiger partial charge on any atom is -0.155 e. The minimum absolute atomic E-state index is 1.04. The van der Waals surface area contributed by atoms with Crippen LogP contribution in [0.4, 0.5) is 0 Å². The lowest BCUT2D eigenvalue weighted by Gasteiger charge is -1.99. The lowest BCUT2D eigenvalue weighted by molar-refractivity contribution is 0.744. The Morgan fingerprint density at radius 3 is 2.00 bits per heavy atom. The van der Waals surface area contributed by atoms with E-state index in [-0.39, 0.29) is 0 Å². The Morgan fingerprint density at radius 2 is 1.54 bits per heavy atom. The van der Waals surface area contributed by atoms with Crippen LogP contribution in [-0.4, -0.2) is 10.2 Å². The Kier molecular flexibility index (Phi) is 4.44. The Balaban J connectivity index is 2.48. The summed E-state index contributed by atoms with van der Waals surface area (Å²) in [7, 11) is 0. The van der Waals surface area contributed by atoms with Crippen LogP contribution < -0.4 is 0 Å². The van der Waals surface area contributed by atoms with Crippen LogP contribution in [0, 0.1) is 0 Å². The molecule has 0 fully saturated rings. The molecule has 0 aliphatic heterocycles. The molecule has 0 amide bonds. The molecular weight excluding hydrogens is 160 g/mol. The van der Waals surface area contributed by atoms with E-state index in [9.17, 15) is 0 Å². The van der Waals surface area contributed by atoms with Gasteiger partial charge in [0.05, 0.1) is 11.4 Å². The third-order valence-corrected chi connectivity index (χ3v) is 2.07. The van der Waals surface area contributed by atoms with E-state index >= 15 is 0 Å². The van der Waals surface area contributed by atoms with Crippen LogP contribution in [0.5, 0.6) is 0 Å². The Morgan fingerprint density at radius 1 is 0.923 bits per heavy atom. The van der Waals surface area contributed by atoms with Crippen molar-refractivity contribution in [3.8, 4) is 0 Å². The summed E-state index contributed by atoms with van der Waals surface area (Å²) < 4.78 is 0. The molecule has 2 nitrogen and oxygen atoms in total. The van der Waals surface area contributed by atoms with Crippen LogP contribution in [0.3, 0.4) is 0 Å². The van der Waals surface area contributed by atoms with E-state index in [0.29, 0.717) is 0 Å². The Labute approximate surface area is 80.4 Å². The average Bonchev–Trinajstić information content (AvgIpc) is 2.17. The van der Waals surface area contributed by atoms with E-state index in [2.05, 4.69) is 36.2 Å².